The summed E-state index contributed by atoms with van der Waals surface area (Å²) in [6.45, 7) is 15.6. The van der Waals surface area contributed by atoms with Crippen LogP contribution >= 0.6 is 0 Å². The van der Waals surface area contributed by atoms with Crippen LogP contribution in [0.1, 0.15) is 252 Å². The number of nitrogens with zero attached hydrogens (tertiary/aromatic N) is 3. The van der Waals surface area contributed by atoms with Crippen molar-refractivity contribution in [2.24, 2.45) is 0 Å². The molecule has 2 aliphatic rings. The second-order valence-corrected chi connectivity index (χ2v) is 20.4. The summed E-state index contributed by atoms with van der Waals surface area (Å²) in [5.41, 5.74) is 0. The fourth-order valence-corrected chi connectivity index (χ4v) is 9.70. The van der Waals surface area contributed by atoms with Crippen LogP contribution in [0.15, 0.2) is 0 Å². The maximum absolute atomic E-state index is 12.9. The molecule has 2 rings (SSSR count). The Labute approximate surface area is 407 Å². The van der Waals surface area contributed by atoms with E-state index in [1.807, 2.05) is 0 Å². The Morgan fingerprint density at radius 3 is 1.58 bits per heavy atom. The Bertz CT molecular complexity index is 1120. The summed E-state index contributed by atoms with van der Waals surface area (Å²) in [4.78, 5) is 45.4. The van der Waals surface area contributed by atoms with E-state index in [1.165, 1.54) is 122 Å². The summed E-state index contributed by atoms with van der Waals surface area (Å²) < 4.78 is 23.9. The topological polar surface area (TPSA) is 97.9 Å². The van der Waals surface area contributed by atoms with Crippen LogP contribution in [0.2, 0.25) is 0 Å². The third-order valence-corrected chi connectivity index (χ3v) is 14.1. The predicted octanol–water partition coefficient (Wildman–Crippen LogP) is 13.4. The Morgan fingerprint density at radius 1 is 0.500 bits per heavy atom. The fourth-order valence-electron chi connectivity index (χ4n) is 9.70. The lowest BCUT2D eigenvalue weighted by Crippen LogP contribution is -2.44. The van der Waals surface area contributed by atoms with Gasteiger partial charge >= 0.3 is 17.9 Å². The van der Waals surface area contributed by atoms with Gasteiger partial charge in [-0.2, -0.15) is 0 Å². The highest BCUT2D eigenvalue weighted by Crippen LogP contribution is 2.24. The summed E-state index contributed by atoms with van der Waals surface area (Å²) in [5, 5.41) is 0. The van der Waals surface area contributed by atoms with Gasteiger partial charge in [0, 0.05) is 71.1 Å². The smallest absolute Gasteiger partial charge is 0.306 e. The van der Waals surface area contributed by atoms with Gasteiger partial charge < -0.3 is 28.7 Å². The van der Waals surface area contributed by atoms with Crippen molar-refractivity contribution in [3.8, 4) is 0 Å². The molecule has 0 N–H and O–H groups in total. The number of ether oxygens (including phenoxy) is 4. The van der Waals surface area contributed by atoms with Crippen molar-refractivity contribution in [3.05, 3.63) is 0 Å². The molecule has 0 aliphatic carbocycles. The lowest BCUT2D eigenvalue weighted by molar-refractivity contribution is -0.150. The molecule has 1 unspecified atom stereocenters. The van der Waals surface area contributed by atoms with E-state index in [0.29, 0.717) is 32.5 Å². The van der Waals surface area contributed by atoms with Gasteiger partial charge in [0.05, 0.1) is 13.2 Å². The van der Waals surface area contributed by atoms with E-state index in [4.69, 9.17) is 18.9 Å². The molecule has 0 aromatic rings. The molecule has 66 heavy (non-hydrogen) atoms. The van der Waals surface area contributed by atoms with Crippen molar-refractivity contribution in [2.45, 2.75) is 270 Å². The van der Waals surface area contributed by atoms with Crippen molar-refractivity contribution in [1.29, 1.82) is 0 Å². The highest BCUT2D eigenvalue weighted by molar-refractivity contribution is 5.70. The Morgan fingerprint density at radius 2 is 0.985 bits per heavy atom. The van der Waals surface area contributed by atoms with E-state index < -0.39 is 0 Å². The average Bonchev–Trinajstić information content (AvgIpc) is 3.69. The van der Waals surface area contributed by atoms with Gasteiger partial charge in [0.15, 0.2) is 0 Å². The molecule has 0 bridgehead atoms. The molecular weight excluding hydrogens is 827 g/mol. The van der Waals surface area contributed by atoms with Crippen LogP contribution in [-0.2, 0) is 33.3 Å². The highest BCUT2D eigenvalue weighted by Gasteiger charge is 2.34. The largest absolute Gasteiger partial charge is 0.466 e. The van der Waals surface area contributed by atoms with Crippen LogP contribution in [-0.4, -0.2) is 124 Å². The number of hydrogen-bond acceptors (Lipinski definition) is 10. The Hall–Kier alpha value is -1.75. The number of likely N-dealkylation sites (N-methyl/N-ethyl adjacent to an activating group) is 1. The first-order valence-electron chi connectivity index (χ1n) is 28.6. The van der Waals surface area contributed by atoms with Crippen LogP contribution in [0.3, 0.4) is 0 Å². The quantitative estimate of drug-likeness (QED) is 0.0333. The number of hydrogen-bond donors (Lipinski definition) is 0. The molecule has 10 heteroatoms. The van der Waals surface area contributed by atoms with Crippen LogP contribution < -0.4 is 0 Å². The molecule has 2 fully saturated rings. The number of unbranched alkanes of at least 4 members (excludes halogenated alkanes) is 24. The van der Waals surface area contributed by atoms with Crippen molar-refractivity contribution >= 4 is 17.9 Å². The molecule has 2 saturated heterocycles. The summed E-state index contributed by atoms with van der Waals surface area (Å²) in [7, 11) is 2.17. The number of rotatable bonds is 46. The summed E-state index contributed by atoms with van der Waals surface area (Å²) >= 11 is 0. The van der Waals surface area contributed by atoms with Crippen molar-refractivity contribution in [1.82, 2.24) is 14.7 Å². The first kappa shape index (κ1) is 60.4. The van der Waals surface area contributed by atoms with Crippen LogP contribution in [0.25, 0.3) is 0 Å². The van der Waals surface area contributed by atoms with Gasteiger partial charge in [0.1, 0.15) is 12.2 Å². The van der Waals surface area contributed by atoms with Crippen LogP contribution in [0.4, 0.5) is 0 Å². The molecule has 0 aromatic carbocycles. The minimum Gasteiger partial charge on any atom is -0.466 e. The van der Waals surface area contributed by atoms with E-state index in [9.17, 15) is 14.4 Å². The molecule has 2 heterocycles. The van der Waals surface area contributed by atoms with Gasteiger partial charge in [-0.15, -0.1) is 0 Å². The van der Waals surface area contributed by atoms with Crippen molar-refractivity contribution < 1.29 is 33.3 Å². The number of carbonyl (C=O) groups is 3. The van der Waals surface area contributed by atoms with Gasteiger partial charge in [-0.25, -0.2) is 0 Å². The minimum absolute atomic E-state index is 0.00171. The standard InChI is InChI=1S/C56H107N3O7/c1-5-8-11-14-17-18-19-25-33-47-64-54(60)37-30-26-31-41-59-49-53(66-56(62)39-34-40-58-44-42-57(4)43-45-58)48-51(59)50-63-46-32-24-20-23-29-38-55(61)65-52(35-27-21-15-12-9-6-2)36-28-22-16-13-10-7-3/h51-53H,5-50H2,1-4H3/t51?,53-/m0/s1. The number of esters is 3. The highest BCUT2D eigenvalue weighted by atomic mass is 16.5. The van der Waals surface area contributed by atoms with E-state index in [0.717, 1.165) is 142 Å². The van der Waals surface area contributed by atoms with Crippen LogP contribution in [0.5, 0.6) is 0 Å². The zero-order chi connectivity index (χ0) is 47.6. The summed E-state index contributed by atoms with van der Waals surface area (Å²) in [5.74, 6) is -0.144. The van der Waals surface area contributed by atoms with Crippen molar-refractivity contribution in [2.75, 3.05) is 72.7 Å². The average molecular weight is 934 g/mol. The lowest BCUT2D eigenvalue weighted by Gasteiger charge is -2.32. The molecule has 2 aliphatic heterocycles. The number of piperazine rings is 1. The van der Waals surface area contributed by atoms with Gasteiger partial charge in [0.2, 0.25) is 0 Å². The third-order valence-electron chi connectivity index (χ3n) is 14.1. The van der Waals surface area contributed by atoms with E-state index in [1.54, 1.807) is 0 Å². The fraction of sp³-hybridized carbons (Fsp3) is 0.946. The Balaban J connectivity index is 1.66. The molecule has 0 radical (unpaired) electrons. The predicted molar refractivity (Wildman–Crippen MR) is 274 cm³/mol. The molecule has 0 aromatic heterocycles. The van der Waals surface area contributed by atoms with Crippen LogP contribution in [0, 0.1) is 0 Å². The molecule has 2 atom stereocenters. The maximum atomic E-state index is 12.9. The van der Waals surface area contributed by atoms with E-state index >= 15 is 0 Å². The Kier molecular flexibility index (Phi) is 39.6. The zero-order valence-electron chi connectivity index (χ0n) is 44.0. The van der Waals surface area contributed by atoms with E-state index in [-0.39, 0.29) is 36.2 Å². The van der Waals surface area contributed by atoms with Gasteiger partial charge in [0.25, 0.3) is 0 Å². The molecule has 10 nitrogen and oxygen atoms in total. The van der Waals surface area contributed by atoms with E-state index in [2.05, 4.69) is 42.5 Å². The first-order chi connectivity index (χ1) is 32.3. The van der Waals surface area contributed by atoms with Crippen molar-refractivity contribution in [3.63, 3.8) is 0 Å². The van der Waals surface area contributed by atoms with Gasteiger partial charge in [-0.3, -0.25) is 19.3 Å². The second-order valence-electron chi connectivity index (χ2n) is 20.4. The molecule has 0 amide bonds. The normalized spacial score (nSPS) is 17.2. The SMILES string of the molecule is CCCCCCCCCCCOC(=O)CCCCCN1C[C@@H](OC(=O)CCCN2CCN(C)CC2)CC1COCCCCCCCC(=O)OC(CCCCCCCC)CCCCCCCC. The zero-order valence-corrected chi connectivity index (χ0v) is 44.0. The molecule has 0 saturated carbocycles. The minimum atomic E-state index is -0.0983. The monoisotopic (exact) mass is 934 g/mol. The molecule has 388 valence electrons. The lowest BCUT2D eigenvalue weighted by atomic mass is 10.0. The van der Waals surface area contributed by atoms with Gasteiger partial charge in [-0.05, 0) is 84.3 Å². The summed E-state index contributed by atoms with van der Waals surface area (Å²) in [6.07, 6.45) is 39.8. The first-order valence-corrected chi connectivity index (χ1v) is 28.6. The summed E-state index contributed by atoms with van der Waals surface area (Å²) in [6, 6.07) is 0.228. The number of carbonyl (C=O) groups excluding carboxylic acids is 3. The maximum Gasteiger partial charge on any atom is 0.306 e. The van der Waals surface area contributed by atoms with Gasteiger partial charge in [-0.1, -0.05) is 162 Å². The molecule has 0 spiro atoms. The third kappa shape index (κ3) is 34.5. The number of likely N-dealkylation sites (tertiary alicyclic amines) is 1. The molecular formula is C56H107N3O7. The second kappa shape index (κ2) is 43.3.